The first kappa shape index (κ1) is 19.3. The molecule has 0 saturated heterocycles. The summed E-state index contributed by atoms with van der Waals surface area (Å²) in [5.74, 6) is 1.42. The molecule has 6 heteroatoms. The number of hydrogen-bond acceptors (Lipinski definition) is 6. The van der Waals surface area contributed by atoms with E-state index in [2.05, 4.69) is 4.74 Å². The molecule has 26 heavy (non-hydrogen) atoms. The second kappa shape index (κ2) is 9.48. The van der Waals surface area contributed by atoms with Gasteiger partial charge < -0.3 is 24.1 Å². The van der Waals surface area contributed by atoms with E-state index in [0.29, 0.717) is 28.4 Å². The molecule has 0 heterocycles. The summed E-state index contributed by atoms with van der Waals surface area (Å²) in [5.41, 5.74) is 1.99. The van der Waals surface area contributed by atoms with Gasteiger partial charge in [0.05, 0.1) is 33.5 Å². The fourth-order valence-corrected chi connectivity index (χ4v) is 2.24. The second-order valence-electron chi connectivity index (χ2n) is 5.41. The van der Waals surface area contributed by atoms with E-state index in [0.717, 1.165) is 5.56 Å². The number of aliphatic hydroxyl groups excluding tert-OH is 1. The zero-order chi connectivity index (χ0) is 18.9. The minimum Gasteiger partial charge on any atom is -0.496 e. The molecule has 0 aliphatic carbocycles. The van der Waals surface area contributed by atoms with E-state index in [1.165, 1.54) is 7.11 Å². The van der Waals surface area contributed by atoms with Crippen molar-refractivity contribution in [2.45, 2.75) is 0 Å². The van der Waals surface area contributed by atoms with Crippen LogP contribution in [0.25, 0.3) is 6.08 Å². The van der Waals surface area contributed by atoms with E-state index in [9.17, 15) is 9.90 Å². The fourth-order valence-electron chi connectivity index (χ4n) is 2.24. The van der Waals surface area contributed by atoms with Crippen LogP contribution in [-0.2, 0) is 4.74 Å². The van der Waals surface area contributed by atoms with Crippen molar-refractivity contribution >= 4 is 12.0 Å². The van der Waals surface area contributed by atoms with Gasteiger partial charge in [0, 0.05) is 18.2 Å². The lowest BCUT2D eigenvalue weighted by Gasteiger charge is -2.11. The van der Waals surface area contributed by atoms with Gasteiger partial charge in [-0.05, 0) is 23.3 Å². The van der Waals surface area contributed by atoms with Crippen molar-refractivity contribution in [1.29, 1.82) is 0 Å². The lowest BCUT2D eigenvalue weighted by atomic mass is 10.1. The Morgan fingerprint density at radius 1 is 0.962 bits per heavy atom. The molecule has 0 fully saturated rings. The van der Waals surface area contributed by atoms with Crippen molar-refractivity contribution in [2.75, 3.05) is 34.5 Å². The summed E-state index contributed by atoms with van der Waals surface area (Å²) in [4.78, 5) is 11.4. The van der Waals surface area contributed by atoms with E-state index < -0.39 is 5.97 Å². The third-order valence-electron chi connectivity index (χ3n) is 3.65. The average molecular weight is 358 g/mol. The molecule has 0 aromatic heterocycles. The third kappa shape index (κ3) is 5.26. The number of rotatable bonds is 8. The highest BCUT2D eigenvalue weighted by atomic mass is 16.5. The van der Waals surface area contributed by atoms with E-state index in [4.69, 9.17) is 14.2 Å². The first-order valence-electron chi connectivity index (χ1n) is 7.94. The van der Waals surface area contributed by atoms with Crippen LogP contribution in [0.5, 0.6) is 17.2 Å². The molecule has 0 amide bonds. The molecule has 2 aromatic rings. The maximum atomic E-state index is 11.4. The van der Waals surface area contributed by atoms with Gasteiger partial charge in [0.25, 0.3) is 0 Å². The predicted octanol–water partition coefficient (Wildman–Crippen LogP) is 2.95. The molecule has 6 nitrogen and oxygen atoms in total. The van der Waals surface area contributed by atoms with Gasteiger partial charge >= 0.3 is 5.97 Å². The Kier molecular flexibility index (Phi) is 7.05. The molecular weight excluding hydrogens is 336 g/mol. The van der Waals surface area contributed by atoms with E-state index in [1.54, 1.807) is 62.8 Å². The number of ether oxygens (including phenoxy) is 4. The number of carbonyl (C=O) groups is 1. The molecule has 0 spiro atoms. The van der Waals surface area contributed by atoms with Gasteiger partial charge in [-0.3, -0.25) is 0 Å². The Morgan fingerprint density at radius 2 is 1.54 bits per heavy atom. The van der Waals surface area contributed by atoms with Crippen LogP contribution in [0.4, 0.5) is 0 Å². The van der Waals surface area contributed by atoms with Gasteiger partial charge in [0.2, 0.25) is 0 Å². The maximum absolute atomic E-state index is 11.4. The first-order chi connectivity index (χ1) is 12.6. The van der Waals surface area contributed by atoms with Gasteiger partial charge in [0.15, 0.2) is 0 Å². The highest BCUT2D eigenvalue weighted by Crippen LogP contribution is 2.27. The molecule has 138 valence electrons. The summed E-state index contributed by atoms with van der Waals surface area (Å²) >= 11 is 0. The summed E-state index contributed by atoms with van der Waals surface area (Å²) in [6.45, 7) is 0.0471. The van der Waals surface area contributed by atoms with Crippen LogP contribution >= 0.6 is 0 Å². The maximum Gasteiger partial charge on any atom is 0.337 e. The molecule has 0 bridgehead atoms. The van der Waals surface area contributed by atoms with Gasteiger partial charge in [-0.15, -0.1) is 0 Å². The van der Waals surface area contributed by atoms with Gasteiger partial charge in [0.1, 0.15) is 23.9 Å². The Bertz CT molecular complexity index is 742. The van der Waals surface area contributed by atoms with Crippen LogP contribution in [0.1, 0.15) is 15.9 Å². The lowest BCUT2D eigenvalue weighted by molar-refractivity contribution is 0.0600. The average Bonchev–Trinajstić information content (AvgIpc) is 2.70. The predicted molar refractivity (Wildman–Crippen MR) is 97.9 cm³/mol. The number of carbonyl (C=O) groups excluding carboxylic acids is 1. The summed E-state index contributed by atoms with van der Waals surface area (Å²) in [6.07, 6.45) is 1.80. The molecule has 2 aromatic carbocycles. The minimum absolute atomic E-state index is 0.153. The smallest absolute Gasteiger partial charge is 0.337 e. The Hall–Kier alpha value is -2.99. The Labute approximate surface area is 152 Å². The van der Waals surface area contributed by atoms with Crippen LogP contribution in [0, 0.1) is 0 Å². The summed E-state index contributed by atoms with van der Waals surface area (Å²) in [7, 11) is 4.47. The number of methoxy groups -OCH3 is 3. The molecule has 0 saturated carbocycles. The Morgan fingerprint density at radius 3 is 2.04 bits per heavy atom. The lowest BCUT2D eigenvalue weighted by Crippen LogP contribution is -2.05. The van der Waals surface area contributed by atoms with E-state index >= 15 is 0 Å². The summed E-state index contributed by atoms with van der Waals surface area (Å²) < 4.78 is 20.8. The van der Waals surface area contributed by atoms with E-state index in [1.807, 2.05) is 0 Å². The molecule has 0 atom stereocenters. The highest BCUT2D eigenvalue weighted by molar-refractivity contribution is 5.89. The van der Waals surface area contributed by atoms with Crippen LogP contribution in [0.2, 0.25) is 0 Å². The van der Waals surface area contributed by atoms with Crippen molar-refractivity contribution in [3.05, 3.63) is 59.2 Å². The summed E-state index contributed by atoms with van der Waals surface area (Å²) in [6, 6.07) is 12.1. The van der Waals surface area contributed by atoms with Gasteiger partial charge in [-0.1, -0.05) is 18.2 Å². The molecule has 2 rings (SSSR count). The Balaban J connectivity index is 2.09. The van der Waals surface area contributed by atoms with Crippen molar-refractivity contribution in [2.24, 2.45) is 0 Å². The quantitative estimate of drug-likeness (QED) is 0.732. The number of hydrogen-bond donors (Lipinski definition) is 1. The molecule has 1 N–H and O–H groups in total. The van der Waals surface area contributed by atoms with Gasteiger partial charge in [-0.2, -0.15) is 0 Å². The SMILES string of the molecule is COC(=O)c1ccc(C=C(CO)COc2cc(OC)cc(OC)c2)cc1. The van der Waals surface area contributed by atoms with Crippen molar-refractivity contribution in [1.82, 2.24) is 0 Å². The molecule has 0 aliphatic rings. The highest BCUT2D eigenvalue weighted by Gasteiger charge is 2.06. The largest absolute Gasteiger partial charge is 0.496 e. The number of esters is 1. The van der Waals surface area contributed by atoms with Crippen molar-refractivity contribution < 1.29 is 28.8 Å². The van der Waals surface area contributed by atoms with E-state index in [-0.39, 0.29) is 13.2 Å². The van der Waals surface area contributed by atoms with Crippen LogP contribution in [0.3, 0.4) is 0 Å². The van der Waals surface area contributed by atoms with Crippen molar-refractivity contribution in [3.63, 3.8) is 0 Å². The third-order valence-corrected chi connectivity index (χ3v) is 3.65. The van der Waals surface area contributed by atoms with Crippen molar-refractivity contribution in [3.8, 4) is 17.2 Å². The number of benzene rings is 2. The topological polar surface area (TPSA) is 74.2 Å². The minimum atomic E-state index is -0.391. The van der Waals surface area contributed by atoms with Crippen LogP contribution < -0.4 is 14.2 Å². The number of aliphatic hydroxyl groups is 1. The molecule has 0 radical (unpaired) electrons. The molecule has 0 unspecified atom stereocenters. The normalized spacial score (nSPS) is 11.0. The van der Waals surface area contributed by atoms with Crippen LogP contribution in [-0.4, -0.2) is 45.6 Å². The molecule has 0 aliphatic heterocycles. The first-order valence-corrected chi connectivity index (χ1v) is 7.94. The zero-order valence-corrected chi connectivity index (χ0v) is 15.0. The standard InChI is InChI=1S/C20H22O6/c1-23-17-9-18(24-2)11-19(10-17)26-13-15(12-21)8-14-4-6-16(7-5-14)20(22)25-3/h4-11,21H,12-13H2,1-3H3. The summed E-state index contributed by atoms with van der Waals surface area (Å²) in [5, 5.41) is 9.58. The molecular formula is C20H22O6. The fraction of sp³-hybridized carbons (Fsp3) is 0.250. The monoisotopic (exact) mass is 358 g/mol. The zero-order valence-electron chi connectivity index (χ0n) is 15.0. The van der Waals surface area contributed by atoms with Gasteiger partial charge in [-0.25, -0.2) is 4.79 Å². The second-order valence-corrected chi connectivity index (χ2v) is 5.41. The van der Waals surface area contributed by atoms with Crippen LogP contribution in [0.15, 0.2) is 48.0 Å².